The summed E-state index contributed by atoms with van der Waals surface area (Å²) in [5.41, 5.74) is 0.883. The molecule has 1 atom stereocenters. The van der Waals surface area contributed by atoms with Crippen molar-refractivity contribution in [2.24, 2.45) is 0 Å². The number of ether oxygens (including phenoxy) is 2. The number of carbonyl (C=O) groups is 2. The maximum Gasteiger partial charge on any atom is 0.408 e. The number of hydrogen-bond donors (Lipinski definition) is 1. The minimum absolute atomic E-state index is 0.0646. The second-order valence-electron chi connectivity index (χ2n) is 5.76. The van der Waals surface area contributed by atoms with Crippen LogP contribution in [0, 0.1) is 0 Å². The van der Waals surface area contributed by atoms with Gasteiger partial charge in [0.2, 0.25) is 0 Å². The fraction of sp³-hybridized carbons (Fsp3) is 0.625. The number of methoxy groups -OCH3 is 1. The quantitative estimate of drug-likeness (QED) is 0.663. The van der Waals surface area contributed by atoms with E-state index in [0.29, 0.717) is 0 Å². The lowest BCUT2D eigenvalue weighted by atomic mass is 10.1. The van der Waals surface area contributed by atoms with Gasteiger partial charge in [0.25, 0.3) is 0 Å². The van der Waals surface area contributed by atoms with Gasteiger partial charge in [0.15, 0.2) is 9.84 Å². The van der Waals surface area contributed by atoms with Gasteiger partial charge in [-0.3, -0.25) is 0 Å². The number of rotatable bonds is 8. The number of carbonyl (C=O) groups excluding carboxylic acids is 2. The van der Waals surface area contributed by atoms with Crippen LogP contribution in [-0.2, 0) is 24.1 Å². The molecule has 1 aliphatic rings. The fourth-order valence-corrected chi connectivity index (χ4v) is 3.05. The highest BCUT2D eigenvalue weighted by molar-refractivity contribution is 7.91. The van der Waals surface area contributed by atoms with Gasteiger partial charge < -0.3 is 14.8 Å². The zero-order chi connectivity index (χ0) is 18.2. The van der Waals surface area contributed by atoms with Crippen molar-refractivity contribution in [3.05, 3.63) is 23.8 Å². The number of allylic oxidation sites excluding steroid dienone is 2. The predicted molar refractivity (Wildman–Crippen MR) is 90.3 cm³/mol. The zero-order valence-electron chi connectivity index (χ0n) is 14.3. The number of hydrogen-bond acceptors (Lipinski definition) is 6. The van der Waals surface area contributed by atoms with Crippen LogP contribution in [0.3, 0.4) is 0 Å². The molecule has 0 spiro atoms. The Morgan fingerprint density at radius 1 is 1.29 bits per heavy atom. The first-order valence-electron chi connectivity index (χ1n) is 7.84. The summed E-state index contributed by atoms with van der Waals surface area (Å²) in [6, 6.07) is -1.06. The van der Waals surface area contributed by atoms with Gasteiger partial charge in [0.1, 0.15) is 12.6 Å². The average Bonchev–Trinajstić information content (AvgIpc) is 2.56. The van der Waals surface area contributed by atoms with Gasteiger partial charge in [0.05, 0.1) is 18.1 Å². The van der Waals surface area contributed by atoms with E-state index in [9.17, 15) is 18.0 Å². The van der Waals surface area contributed by atoms with Crippen molar-refractivity contribution >= 4 is 21.9 Å². The van der Waals surface area contributed by atoms with Crippen LogP contribution in [0.4, 0.5) is 4.79 Å². The van der Waals surface area contributed by atoms with Crippen molar-refractivity contribution < 1.29 is 27.5 Å². The SMILES string of the molecule is COC(=O)[C@H](CCS(=O)(=O)C(C)C)NC(=O)OCC1=CCCC=C1. The summed E-state index contributed by atoms with van der Waals surface area (Å²) >= 11 is 0. The van der Waals surface area contributed by atoms with E-state index in [1.54, 1.807) is 13.8 Å². The maximum atomic E-state index is 11.9. The second kappa shape index (κ2) is 9.46. The molecule has 1 aliphatic carbocycles. The van der Waals surface area contributed by atoms with E-state index in [1.807, 2.05) is 18.2 Å². The van der Waals surface area contributed by atoms with Gasteiger partial charge in [-0.1, -0.05) is 18.2 Å². The first-order chi connectivity index (χ1) is 11.3. The smallest absolute Gasteiger partial charge is 0.408 e. The number of amides is 1. The Kier molecular flexibility index (Phi) is 7.97. The number of esters is 1. The highest BCUT2D eigenvalue weighted by Crippen LogP contribution is 2.10. The molecule has 0 aromatic rings. The molecule has 8 heteroatoms. The summed E-state index contributed by atoms with van der Waals surface area (Å²) < 4.78 is 33.4. The molecule has 0 aromatic heterocycles. The van der Waals surface area contributed by atoms with Crippen molar-refractivity contribution in [3.63, 3.8) is 0 Å². The van der Waals surface area contributed by atoms with Crippen LogP contribution in [-0.4, -0.2) is 51.2 Å². The average molecular weight is 359 g/mol. The molecule has 0 saturated carbocycles. The molecule has 0 radical (unpaired) electrons. The lowest BCUT2D eigenvalue weighted by Gasteiger charge is -2.17. The normalized spacial score (nSPS) is 15.6. The standard InChI is InChI=1S/C16H25NO6S/c1-12(2)24(20,21)10-9-14(15(18)22-3)17-16(19)23-11-13-7-5-4-6-8-13/h5,7-8,12,14H,4,6,9-11H2,1-3H3,(H,17,19)/t14-/m0/s1. The molecule has 0 aliphatic heterocycles. The molecule has 1 N–H and O–H groups in total. The molecular weight excluding hydrogens is 334 g/mol. The number of sulfone groups is 1. The van der Waals surface area contributed by atoms with Gasteiger partial charge in [-0.25, -0.2) is 18.0 Å². The van der Waals surface area contributed by atoms with Crippen LogP contribution >= 0.6 is 0 Å². The van der Waals surface area contributed by atoms with E-state index >= 15 is 0 Å². The highest BCUT2D eigenvalue weighted by Gasteiger charge is 2.26. The summed E-state index contributed by atoms with van der Waals surface area (Å²) in [4.78, 5) is 23.6. The second-order valence-corrected chi connectivity index (χ2v) is 8.44. The van der Waals surface area contributed by atoms with Gasteiger partial charge in [-0.15, -0.1) is 0 Å². The van der Waals surface area contributed by atoms with Crippen LogP contribution in [0.5, 0.6) is 0 Å². The summed E-state index contributed by atoms with van der Waals surface area (Å²) in [5, 5.41) is 1.82. The molecule has 7 nitrogen and oxygen atoms in total. The van der Waals surface area contributed by atoms with E-state index in [2.05, 4.69) is 10.1 Å². The third kappa shape index (κ3) is 6.74. The largest absolute Gasteiger partial charge is 0.467 e. The van der Waals surface area contributed by atoms with Crippen molar-refractivity contribution in [2.75, 3.05) is 19.5 Å². The zero-order valence-corrected chi connectivity index (χ0v) is 15.1. The lowest BCUT2D eigenvalue weighted by Crippen LogP contribution is -2.43. The number of nitrogens with one attached hydrogen (secondary N) is 1. The van der Waals surface area contributed by atoms with E-state index in [4.69, 9.17) is 4.74 Å². The lowest BCUT2D eigenvalue weighted by molar-refractivity contribution is -0.143. The number of alkyl carbamates (subject to hydrolysis) is 1. The monoisotopic (exact) mass is 359 g/mol. The summed E-state index contributed by atoms with van der Waals surface area (Å²) in [6.45, 7) is 3.23. The molecule has 1 rings (SSSR count). The molecule has 0 aromatic carbocycles. The van der Waals surface area contributed by atoms with Crippen molar-refractivity contribution in [1.29, 1.82) is 0 Å². The highest BCUT2D eigenvalue weighted by atomic mass is 32.2. The first-order valence-corrected chi connectivity index (χ1v) is 9.56. The van der Waals surface area contributed by atoms with Crippen LogP contribution in [0.25, 0.3) is 0 Å². The Hall–Kier alpha value is -1.83. The molecule has 0 fully saturated rings. The Morgan fingerprint density at radius 3 is 2.54 bits per heavy atom. The Bertz CT molecular complexity index is 606. The topological polar surface area (TPSA) is 98.8 Å². The van der Waals surface area contributed by atoms with Crippen molar-refractivity contribution in [1.82, 2.24) is 5.32 Å². The molecule has 136 valence electrons. The van der Waals surface area contributed by atoms with E-state index in [1.165, 1.54) is 7.11 Å². The van der Waals surface area contributed by atoms with Gasteiger partial charge in [-0.05, 0) is 38.7 Å². The Morgan fingerprint density at radius 2 is 2.00 bits per heavy atom. The molecule has 0 unspecified atom stereocenters. The van der Waals surface area contributed by atoms with Gasteiger partial charge in [-0.2, -0.15) is 0 Å². The summed E-state index contributed by atoms with van der Waals surface area (Å²) in [7, 11) is -2.14. The molecule has 24 heavy (non-hydrogen) atoms. The van der Waals surface area contributed by atoms with Gasteiger partial charge in [0, 0.05) is 0 Å². The van der Waals surface area contributed by atoms with Gasteiger partial charge >= 0.3 is 12.1 Å². The van der Waals surface area contributed by atoms with Crippen LogP contribution in [0.15, 0.2) is 23.8 Å². The minimum Gasteiger partial charge on any atom is -0.467 e. The van der Waals surface area contributed by atoms with Crippen molar-refractivity contribution in [3.8, 4) is 0 Å². The summed E-state index contributed by atoms with van der Waals surface area (Å²) in [6.07, 6.45) is 6.85. The Balaban J connectivity index is 2.55. The third-order valence-electron chi connectivity index (χ3n) is 3.63. The fourth-order valence-electron chi connectivity index (χ4n) is 2.02. The third-order valence-corrected chi connectivity index (χ3v) is 5.87. The van der Waals surface area contributed by atoms with Crippen LogP contribution in [0.2, 0.25) is 0 Å². The maximum absolute atomic E-state index is 11.9. The molecule has 0 heterocycles. The predicted octanol–water partition coefficient (Wildman–Crippen LogP) is 1.74. The summed E-state index contributed by atoms with van der Waals surface area (Å²) in [5.74, 6) is -0.929. The van der Waals surface area contributed by atoms with E-state index in [-0.39, 0.29) is 18.8 Å². The van der Waals surface area contributed by atoms with Crippen molar-refractivity contribution in [2.45, 2.75) is 44.4 Å². The van der Waals surface area contributed by atoms with E-state index in [0.717, 1.165) is 18.4 Å². The molecule has 1 amide bonds. The van der Waals surface area contributed by atoms with Crippen LogP contribution in [0.1, 0.15) is 33.1 Å². The molecule has 0 saturated heterocycles. The minimum atomic E-state index is -3.32. The Labute approximate surface area is 143 Å². The molecular formula is C16H25NO6S. The first kappa shape index (κ1) is 20.2. The van der Waals surface area contributed by atoms with E-state index < -0.39 is 33.2 Å². The molecule has 0 bridgehead atoms. The van der Waals surface area contributed by atoms with Crippen LogP contribution < -0.4 is 5.32 Å².